The van der Waals surface area contributed by atoms with Crippen molar-refractivity contribution >= 4 is 29.4 Å². The van der Waals surface area contributed by atoms with Crippen LogP contribution >= 0.6 is 11.6 Å². The molecule has 6 nitrogen and oxygen atoms in total. The van der Waals surface area contributed by atoms with Crippen LogP contribution in [-0.2, 0) is 4.84 Å². The third-order valence-electron chi connectivity index (χ3n) is 3.31. The molecule has 1 aliphatic rings. The van der Waals surface area contributed by atoms with E-state index >= 15 is 0 Å². The number of benzene rings is 2. The first-order valence-corrected chi connectivity index (χ1v) is 6.94. The van der Waals surface area contributed by atoms with E-state index in [0.717, 1.165) is 0 Å². The second kappa shape index (κ2) is 5.73. The minimum absolute atomic E-state index is 0.0107. The highest BCUT2D eigenvalue weighted by Gasteiger charge is 2.39. The lowest BCUT2D eigenvalue weighted by Crippen LogP contribution is -2.32. The Kier molecular flexibility index (Phi) is 3.75. The van der Waals surface area contributed by atoms with Crippen LogP contribution in [0.15, 0.2) is 42.5 Å². The summed E-state index contributed by atoms with van der Waals surface area (Å²) in [4.78, 5) is 41.6. The minimum atomic E-state index is -0.918. The van der Waals surface area contributed by atoms with Crippen LogP contribution in [0.1, 0.15) is 31.1 Å². The first-order chi connectivity index (χ1) is 11.0. The smallest absolute Gasteiger partial charge is 0.367 e. The molecule has 2 amide bonds. The summed E-state index contributed by atoms with van der Waals surface area (Å²) in [6, 6.07) is 10.6. The van der Waals surface area contributed by atoms with Crippen LogP contribution in [0.2, 0.25) is 5.02 Å². The molecule has 116 valence electrons. The van der Waals surface area contributed by atoms with Crippen LogP contribution in [0.3, 0.4) is 0 Å². The lowest BCUT2D eigenvalue weighted by molar-refractivity contribution is -0.0586. The van der Waals surface area contributed by atoms with E-state index in [1.165, 1.54) is 31.4 Å². The molecule has 0 atom stereocenters. The molecule has 0 aliphatic carbocycles. The molecular weight excluding hydrogens is 322 g/mol. The van der Waals surface area contributed by atoms with Crippen LogP contribution in [0.4, 0.5) is 0 Å². The Morgan fingerprint density at radius 3 is 2.22 bits per heavy atom. The number of fused-ring (bicyclic) bond motifs is 1. The summed E-state index contributed by atoms with van der Waals surface area (Å²) in [6.45, 7) is 0. The van der Waals surface area contributed by atoms with Gasteiger partial charge in [0.15, 0.2) is 0 Å². The molecular formula is C16H10ClNO5. The van der Waals surface area contributed by atoms with E-state index in [2.05, 4.69) is 0 Å². The fourth-order valence-electron chi connectivity index (χ4n) is 2.22. The quantitative estimate of drug-likeness (QED) is 0.808. The summed E-state index contributed by atoms with van der Waals surface area (Å²) in [6.07, 6.45) is 0. The molecule has 23 heavy (non-hydrogen) atoms. The van der Waals surface area contributed by atoms with Gasteiger partial charge in [-0.05, 0) is 30.3 Å². The first-order valence-electron chi connectivity index (χ1n) is 6.56. The maximum Gasteiger partial charge on any atom is 0.367 e. The van der Waals surface area contributed by atoms with Gasteiger partial charge in [-0.25, -0.2) is 4.79 Å². The van der Waals surface area contributed by atoms with Gasteiger partial charge in [0.25, 0.3) is 11.8 Å². The van der Waals surface area contributed by atoms with Crippen molar-refractivity contribution in [3.63, 3.8) is 0 Å². The summed E-state index contributed by atoms with van der Waals surface area (Å²) in [5.74, 6) is -2.09. The van der Waals surface area contributed by atoms with Gasteiger partial charge in [-0.2, -0.15) is 0 Å². The average molecular weight is 332 g/mol. The molecule has 2 aromatic rings. The lowest BCUT2D eigenvalue weighted by Gasteiger charge is -2.14. The normalized spacial score (nSPS) is 13.0. The second-order valence-corrected chi connectivity index (χ2v) is 5.11. The maximum absolute atomic E-state index is 12.3. The van der Waals surface area contributed by atoms with Crippen molar-refractivity contribution in [2.45, 2.75) is 0 Å². The average Bonchev–Trinajstić information content (AvgIpc) is 2.80. The fourth-order valence-corrected chi connectivity index (χ4v) is 2.39. The standard InChI is InChI=1S/C16H10ClNO5/c1-22-13-7-6-9(17)8-12(13)16(21)23-18-14(19)10-4-2-3-5-11(10)15(18)20/h2-8H,1H3. The largest absolute Gasteiger partial charge is 0.496 e. The Morgan fingerprint density at radius 2 is 1.65 bits per heavy atom. The van der Waals surface area contributed by atoms with Crippen molar-refractivity contribution in [3.05, 3.63) is 64.2 Å². The number of hydrogen-bond acceptors (Lipinski definition) is 5. The van der Waals surface area contributed by atoms with Crippen LogP contribution in [0, 0.1) is 0 Å². The molecule has 1 heterocycles. The van der Waals surface area contributed by atoms with E-state index < -0.39 is 17.8 Å². The van der Waals surface area contributed by atoms with Gasteiger partial charge < -0.3 is 9.57 Å². The molecule has 0 unspecified atom stereocenters. The first kappa shape index (κ1) is 15.1. The number of amides is 2. The summed E-state index contributed by atoms with van der Waals surface area (Å²) in [5.41, 5.74) is 0.378. The van der Waals surface area contributed by atoms with E-state index in [0.29, 0.717) is 10.1 Å². The number of carbonyl (C=O) groups is 3. The molecule has 0 radical (unpaired) electrons. The Morgan fingerprint density at radius 1 is 1.04 bits per heavy atom. The van der Waals surface area contributed by atoms with Gasteiger partial charge in [0.2, 0.25) is 0 Å². The molecule has 0 saturated carbocycles. The van der Waals surface area contributed by atoms with Crippen LogP contribution in [0.25, 0.3) is 0 Å². The topological polar surface area (TPSA) is 72.9 Å². The predicted molar refractivity (Wildman–Crippen MR) is 80.4 cm³/mol. The van der Waals surface area contributed by atoms with E-state index in [1.54, 1.807) is 18.2 Å². The van der Waals surface area contributed by atoms with Crippen molar-refractivity contribution in [2.75, 3.05) is 7.11 Å². The number of nitrogens with zero attached hydrogens (tertiary/aromatic N) is 1. The summed E-state index contributed by atoms with van der Waals surface area (Å²) in [5, 5.41) is 0.730. The molecule has 0 N–H and O–H groups in total. The monoisotopic (exact) mass is 331 g/mol. The van der Waals surface area contributed by atoms with Crippen molar-refractivity contribution in [1.29, 1.82) is 0 Å². The molecule has 0 aromatic heterocycles. The zero-order chi connectivity index (χ0) is 16.6. The third kappa shape index (κ3) is 2.53. The van der Waals surface area contributed by atoms with Crippen LogP contribution in [0.5, 0.6) is 5.75 Å². The summed E-state index contributed by atoms with van der Waals surface area (Å²) in [7, 11) is 1.38. The summed E-state index contributed by atoms with van der Waals surface area (Å²) >= 11 is 5.85. The number of rotatable bonds is 3. The van der Waals surface area contributed by atoms with Gasteiger partial charge >= 0.3 is 5.97 Å². The zero-order valence-electron chi connectivity index (χ0n) is 11.9. The van der Waals surface area contributed by atoms with Gasteiger partial charge in [0, 0.05) is 5.02 Å². The van der Waals surface area contributed by atoms with Crippen molar-refractivity contribution in [3.8, 4) is 5.75 Å². The van der Waals surface area contributed by atoms with Gasteiger partial charge in [0.05, 0.1) is 18.2 Å². The minimum Gasteiger partial charge on any atom is -0.496 e. The zero-order valence-corrected chi connectivity index (χ0v) is 12.7. The highest BCUT2D eigenvalue weighted by atomic mass is 35.5. The predicted octanol–water partition coefficient (Wildman–Crippen LogP) is 2.72. The van der Waals surface area contributed by atoms with Gasteiger partial charge in [-0.3, -0.25) is 9.59 Å². The Hall–Kier alpha value is -2.86. The van der Waals surface area contributed by atoms with E-state index in [1.807, 2.05) is 0 Å². The number of methoxy groups -OCH3 is 1. The molecule has 0 fully saturated rings. The van der Waals surface area contributed by atoms with Crippen LogP contribution < -0.4 is 4.74 Å². The number of hydroxylamine groups is 2. The van der Waals surface area contributed by atoms with Crippen molar-refractivity contribution in [1.82, 2.24) is 5.06 Å². The van der Waals surface area contributed by atoms with Crippen LogP contribution in [-0.4, -0.2) is 30.0 Å². The molecule has 1 aliphatic heterocycles. The molecule has 3 rings (SSSR count). The van der Waals surface area contributed by atoms with Crippen molar-refractivity contribution in [2.24, 2.45) is 0 Å². The lowest BCUT2D eigenvalue weighted by atomic mass is 10.1. The summed E-state index contributed by atoms with van der Waals surface area (Å²) < 4.78 is 5.05. The Bertz CT molecular complexity index is 798. The maximum atomic E-state index is 12.3. The molecule has 7 heteroatoms. The van der Waals surface area contributed by atoms with Crippen molar-refractivity contribution < 1.29 is 24.0 Å². The highest BCUT2D eigenvalue weighted by Crippen LogP contribution is 2.26. The van der Waals surface area contributed by atoms with E-state index in [9.17, 15) is 14.4 Å². The van der Waals surface area contributed by atoms with Gasteiger partial charge in [0.1, 0.15) is 11.3 Å². The number of ether oxygens (including phenoxy) is 1. The van der Waals surface area contributed by atoms with E-state index in [4.69, 9.17) is 21.2 Å². The second-order valence-electron chi connectivity index (χ2n) is 4.67. The number of hydrogen-bond donors (Lipinski definition) is 0. The molecule has 2 aromatic carbocycles. The number of halogens is 1. The van der Waals surface area contributed by atoms with Gasteiger partial charge in [-0.15, -0.1) is 0 Å². The highest BCUT2D eigenvalue weighted by molar-refractivity contribution is 6.31. The fraction of sp³-hybridized carbons (Fsp3) is 0.0625. The number of imide groups is 1. The third-order valence-corrected chi connectivity index (χ3v) is 3.55. The Balaban J connectivity index is 1.89. The van der Waals surface area contributed by atoms with E-state index in [-0.39, 0.29) is 22.4 Å². The SMILES string of the molecule is COc1ccc(Cl)cc1C(=O)ON1C(=O)c2ccccc2C1=O. The Labute approximate surface area is 136 Å². The molecule has 0 saturated heterocycles. The molecule has 0 bridgehead atoms. The van der Waals surface area contributed by atoms with Gasteiger partial charge in [-0.1, -0.05) is 28.8 Å². The molecule has 0 spiro atoms. The number of carbonyl (C=O) groups excluding carboxylic acids is 3.